The summed E-state index contributed by atoms with van der Waals surface area (Å²) in [5, 5.41) is 8.40. The number of carbonyl (C=O) groups is 1. The highest BCUT2D eigenvalue weighted by Gasteiger charge is 2.29. The molecule has 0 aliphatic heterocycles. The lowest BCUT2D eigenvalue weighted by molar-refractivity contribution is 0.192. The molecule has 0 saturated heterocycles. The van der Waals surface area contributed by atoms with Gasteiger partial charge >= 0.3 is 6.03 Å². The molecule has 4 rings (SSSR count). The van der Waals surface area contributed by atoms with Gasteiger partial charge in [-0.2, -0.15) is 5.10 Å². The smallest absolute Gasteiger partial charge is 0.317 e. The fourth-order valence-electron chi connectivity index (χ4n) is 3.73. The molecule has 0 spiro atoms. The predicted octanol–water partition coefficient (Wildman–Crippen LogP) is 5.97. The van der Waals surface area contributed by atoms with Gasteiger partial charge in [-0.15, -0.1) is 0 Å². The molecule has 0 unspecified atom stereocenters. The first-order valence-corrected chi connectivity index (χ1v) is 12.1. The van der Waals surface area contributed by atoms with Gasteiger partial charge < -0.3 is 19.7 Å². The Hall–Kier alpha value is -3.19. The van der Waals surface area contributed by atoms with Gasteiger partial charge in [0.2, 0.25) is 5.88 Å². The molecule has 34 heavy (non-hydrogen) atoms. The quantitative estimate of drug-likeness (QED) is 0.386. The van der Waals surface area contributed by atoms with E-state index in [1.807, 2.05) is 67.3 Å². The number of amides is 2. The van der Waals surface area contributed by atoms with Crippen LogP contribution >= 0.6 is 11.6 Å². The van der Waals surface area contributed by atoms with Crippen LogP contribution in [0.5, 0.6) is 17.4 Å². The predicted molar refractivity (Wildman–Crippen MR) is 133 cm³/mol. The van der Waals surface area contributed by atoms with Gasteiger partial charge in [0.15, 0.2) is 0 Å². The number of nitrogens with zero attached hydrogens (tertiary/aromatic N) is 3. The van der Waals surface area contributed by atoms with Crippen LogP contribution in [0.4, 0.5) is 4.79 Å². The number of benzene rings is 2. The van der Waals surface area contributed by atoms with E-state index in [4.69, 9.17) is 26.2 Å². The van der Waals surface area contributed by atoms with E-state index in [1.165, 1.54) is 0 Å². The summed E-state index contributed by atoms with van der Waals surface area (Å²) in [7, 11) is 1.63. The number of carbonyl (C=O) groups excluding carboxylic acids is 1. The summed E-state index contributed by atoms with van der Waals surface area (Å²) in [5.41, 5.74) is 2.45. The van der Waals surface area contributed by atoms with E-state index in [0.29, 0.717) is 35.7 Å². The number of rotatable bonds is 10. The standard InChI is InChI=1S/C26H31ClN4O3/c1-4-14-28-26(32)30(16-19-8-9-19)17-24-18(2)29-31(21-7-5-6-20(27)15-21)25(24)34-23-12-10-22(33-3)11-13-23/h5-7,10-13,15,19H,4,8-9,14,16-17H2,1-3H3,(H,28,32). The molecule has 1 aromatic heterocycles. The Morgan fingerprint density at radius 1 is 1.21 bits per heavy atom. The van der Waals surface area contributed by atoms with E-state index in [9.17, 15) is 4.79 Å². The lowest BCUT2D eigenvalue weighted by Crippen LogP contribution is -2.41. The molecular formula is C26H31ClN4O3. The fraction of sp³-hybridized carbons (Fsp3) is 0.385. The molecule has 0 radical (unpaired) electrons. The molecule has 180 valence electrons. The Balaban J connectivity index is 1.71. The van der Waals surface area contributed by atoms with Crippen LogP contribution in [0.25, 0.3) is 5.69 Å². The van der Waals surface area contributed by atoms with Gasteiger partial charge in [0.25, 0.3) is 0 Å². The zero-order valence-electron chi connectivity index (χ0n) is 19.9. The van der Waals surface area contributed by atoms with E-state index < -0.39 is 0 Å². The lowest BCUT2D eigenvalue weighted by atomic mass is 10.2. The van der Waals surface area contributed by atoms with Gasteiger partial charge in [-0.1, -0.05) is 24.6 Å². The highest BCUT2D eigenvalue weighted by Crippen LogP contribution is 2.35. The SMILES string of the molecule is CCCNC(=O)N(Cc1c(C)nn(-c2cccc(Cl)c2)c1Oc1ccc(OC)cc1)CC1CC1. The van der Waals surface area contributed by atoms with Crippen molar-refractivity contribution >= 4 is 17.6 Å². The third kappa shape index (κ3) is 5.83. The van der Waals surface area contributed by atoms with Crippen molar-refractivity contribution in [3.05, 3.63) is 64.8 Å². The zero-order chi connectivity index (χ0) is 24.1. The van der Waals surface area contributed by atoms with Gasteiger partial charge in [0.1, 0.15) is 11.5 Å². The first-order chi connectivity index (χ1) is 16.5. The number of aromatic nitrogens is 2. The van der Waals surface area contributed by atoms with Crippen LogP contribution < -0.4 is 14.8 Å². The molecule has 1 saturated carbocycles. The first kappa shape index (κ1) is 24.0. The second-order valence-electron chi connectivity index (χ2n) is 8.59. The van der Waals surface area contributed by atoms with E-state index in [0.717, 1.165) is 48.5 Å². The molecule has 1 aliphatic carbocycles. The minimum atomic E-state index is -0.0564. The van der Waals surface area contributed by atoms with E-state index in [1.54, 1.807) is 11.8 Å². The van der Waals surface area contributed by atoms with E-state index in [2.05, 4.69) is 5.32 Å². The third-order valence-electron chi connectivity index (χ3n) is 5.80. The maximum absolute atomic E-state index is 13.0. The molecule has 1 aliphatic rings. The monoisotopic (exact) mass is 482 g/mol. The van der Waals surface area contributed by atoms with Crippen molar-refractivity contribution in [1.82, 2.24) is 20.0 Å². The van der Waals surface area contributed by atoms with Crippen molar-refractivity contribution in [2.75, 3.05) is 20.2 Å². The summed E-state index contributed by atoms with van der Waals surface area (Å²) in [4.78, 5) is 14.8. The van der Waals surface area contributed by atoms with E-state index >= 15 is 0 Å². The van der Waals surface area contributed by atoms with Crippen LogP contribution in [-0.2, 0) is 6.54 Å². The lowest BCUT2D eigenvalue weighted by Gasteiger charge is -2.23. The Morgan fingerprint density at radius 3 is 2.59 bits per heavy atom. The topological polar surface area (TPSA) is 68.6 Å². The normalized spacial score (nSPS) is 12.9. The van der Waals surface area contributed by atoms with Crippen molar-refractivity contribution in [2.24, 2.45) is 5.92 Å². The Morgan fingerprint density at radius 2 is 1.94 bits per heavy atom. The van der Waals surface area contributed by atoms with Crippen LogP contribution in [0.15, 0.2) is 48.5 Å². The summed E-state index contributed by atoms with van der Waals surface area (Å²) in [6.07, 6.45) is 3.21. The first-order valence-electron chi connectivity index (χ1n) is 11.7. The van der Waals surface area contributed by atoms with Gasteiger partial charge in [0.05, 0.1) is 30.6 Å². The maximum Gasteiger partial charge on any atom is 0.317 e. The highest BCUT2D eigenvalue weighted by atomic mass is 35.5. The van der Waals surface area contributed by atoms with Gasteiger partial charge in [-0.05, 0) is 74.6 Å². The summed E-state index contributed by atoms with van der Waals surface area (Å²) >= 11 is 6.27. The number of aryl methyl sites for hydroxylation is 1. The van der Waals surface area contributed by atoms with Crippen LogP contribution in [0.1, 0.15) is 37.4 Å². The molecule has 1 fully saturated rings. The molecule has 1 N–H and O–H groups in total. The average Bonchev–Trinajstić information content (AvgIpc) is 3.61. The van der Waals surface area contributed by atoms with Crippen LogP contribution in [-0.4, -0.2) is 40.9 Å². The van der Waals surface area contributed by atoms with Crippen molar-refractivity contribution in [3.63, 3.8) is 0 Å². The molecule has 8 heteroatoms. The van der Waals surface area contributed by atoms with Gasteiger partial charge in [0, 0.05) is 18.1 Å². The third-order valence-corrected chi connectivity index (χ3v) is 6.04. The average molecular weight is 483 g/mol. The zero-order valence-corrected chi connectivity index (χ0v) is 20.6. The highest BCUT2D eigenvalue weighted by molar-refractivity contribution is 6.30. The van der Waals surface area contributed by atoms with Gasteiger partial charge in [-0.3, -0.25) is 0 Å². The molecule has 3 aromatic rings. The van der Waals surface area contributed by atoms with Crippen LogP contribution in [0.3, 0.4) is 0 Å². The summed E-state index contributed by atoms with van der Waals surface area (Å²) in [6.45, 7) is 5.77. The Bertz CT molecular complexity index is 1130. The van der Waals surface area contributed by atoms with Crippen molar-refractivity contribution < 1.29 is 14.3 Å². The molecule has 7 nitrogen and oxygen atoms in total. The largest absolute Gasteiger partial charge is 0.497 e. The fourth-order valence-corrected chi connectivity index (χ4v) is 3.91. The molecule has 0 atom stereocenters. The minimum absolute atomic E-state index is 0.0564. The Kier molecular flexibility index (Phi) is 7.63. The van der Waals surface area contributed by atoms with Crippen LogP contribution in [0, 0.1) is 12.8 Å². The molecule has 2 aromatic carbocycles. The summed E-state index contributed by atoms with van der Waals surface area (Å²) < 4.78 is 13.4. The van der Waals surface area contributed by atoms with Crippen molar-refractivity contribution in [1.29, 1.82) is 0 Å². The number of hydrogen-bond acceptors (Lipinski definition) is 4. The second kappa shape index (κ2) is 10.8. The summed E-state index contributed by atoms with van der Waals surface area (Å²) in [6, 6.07) is 14.8. The van der Waals surface area contributed by atoms with Crippen LogP contribution in [0.2, 0.25) is 5.02 Å². The minimum Gasteiger partial charge on any atom is -0.497 e. The maximum atomic E-state index is 13.0. The summed E-state index contributed by atoms with van der Waals surface area (Å²) in [5.74, 6) is 2.51. The molecule has 1 heterocycles. The second-order valence-corrected chi connectivity index (χ2v) is 9.03. The van der Waals surface area contributed by atoms with Crippen molar-refractivity contribution in [3.8, 4) is 23.1 Å². The number of hydrogen-bond donors (Lipinski definition) is 1. The number of ether oxygens (including phenoxy) is 2. The number of halogens is 1. The molecular weight excluding hydrogens is 452 g/mol. The van der Waals surface area contributed by atoms with Crippen molar-refractivity contribution in [2.45, 2.75) is 39.7 Å². The van der Waals surface area contributed by atoms with Gasteiger partial charge in [-0.25, -0.2) is 9.48 Å². The Labute approximate surface area is 205 Å². The number of methoxy groups -OCH3 is 1. The molecule has 0 bridgehead atoms. The molecule has 2 amide bonds. The number of urea groups is 1. The number of nitrogens with one attached hydrogen (secondary N) is 1. The van der Waals surface area contributed by atoms with E-state index in [-0.39, 0.29) is 6.03 Å².